The number of nitrogens with zero attached hydrogens (tertiary/aromatic N) is 6. The molecule has 3 aliphatic rings. The molecule has 1 heterocycles. The van der Waals surface area contributed by atoms with E-state index in [9.17, 15) is 49.5 Å². The van der Waals surface area contributed by atoms with Crippen LogP contribution >= 0.6 is 24.4 Å². The van der Waals surface area contributed by atoms with E-state index in [1.165, 1.54) is 55.4 Å². The summed E-state index contributed by atoms with van der Waals surface area (Å²) < 4.78 is 107. The van der Waals surface area contributed by atoms with Crippen LogP contribution in [-0.2, 0) is 17.1 Å². The number of rotatable bonds is 7. The second-order valence-corrected chi connectivity index (χ2v) is 15.2. The zero-order valence-electron chi connectivity index (χ0n) is 34.4. The number of hydrogen-bond acceptors (Lipinski definition) is 7. The monoisotopic (exact) mass is 951 g/mol. The molecule has 0 aromatic heterocycles. The van der Waals surface area contributed by atoms with Gasteiger partial charge < -0.3 is 20.9 Å². The van der Waals surface area contributed by atoms with E-state index in [1.807, 2.05) is 5.16 Å². The van der Waals surface area contributed by atoms with Gasteiger partial charge in [-0.1, -0.05) is 12.1 Å². The maximum atomic E-state index is 14.7. The van der Waals surface area contributed by atoms with Crippen molar-refractivity contribution >= 4 is 86.6 Å². The molecule has 3 amide bonds. The highest BCUT2D eigenvalue weighted by Crippen LogP contribution is 2.50. The Hall–Kier alpha value is -7.31. The van der Waals surface area contributed by atoms with Gasteiger partial charge in [0.15, 0.2) is 16.5 Å². The summed E-state index contributed by atoms with van der Waals surface area (Å²) in [5.41, 5.74) is -4.61. The minimum Gasteiger partial charge on any atom is -0.355 e. The van der Waals surface area contributed by atoms with Crippen LogP contribution in [-0.4, -0.2) is 53.3 Å². The molecule has 2 saturated carbocycles. The smallest absolute Gasteiger partial charge is 0.355 e. The maximum absolute atomic E-state index is 14.7. The van der Waals surface area contributed by atoms with E-state index in [4.69, 9.17) is 31.9 Å². The molecule has 2 aliphatic carbocycles. The summed E-state index contributed by atoms with van der Waals surface area (Å²) in [4.78, 5) is 51.6. The van der Waals surface area contributed by atoms with Crippen LogP contribution < -0.4 is 25.8 Å². The van der Waals surface area contributed by atoms with Crippen LogP contribution in [0.2, 0.25) is 0 Å². The van der Waals surface area contributed by atoms with Crippen LogP contribution in [0, 0.1) is 31.4 Å². The van der Waals surface area contributed by atoms with Gasteiger partial charge in [0.05, 0.1) is 51.9 Å². The number of halogens is 8. The number of benzene rings is 4. The Balaban J connectivity index is 0.000000208. The van der Waals surface area contributed by atoms with Gasteiger partial charge in [-0.25, -0.2) is 25.0 Å². The summed E-state index contributed by atoms with van der Waals surface area (Å²) in [5, 5.41) is 9.37. The van der Waals surface area contributed by atoms with Crippen molar-refractivity contribution in [2.24, 2.45) is 4.99 Å². The number of nitrogens with one attached hydrogen (secondary N) is 3. The maximum Gasteiger partial charge on any atom is 0.417 e. The van der Waals surface area contributed by atoms with Crippen LogP contribution in [0.25, 0.3) is 14.5 Å². The van der Waals surface area contributed by atoms with Crippen molar-refractivity contribution < 1.29 is 49.5 Å². The van der Waals surface area contributed by atoms with E-state index in [-0.39, 0.29) is 39.0 Å². The summed E-state index contributed by atoms with van der Waals surface area (Å²) in [6.45, 7) is 20.8. The van der Waals surface area contributed by atoms with E-state index in [1.54, 1.807) is 6.07 Å². The Morgan fingerprint density at radius 2 is 1.29 bits per heavy atom. The number of hydrogen-bond donors (Lipinski definition) is 3. The molecule has 0 bridgehead atoms. The average molecular weight is 952 g/mol. The zero-order valence-corrected chi connectivity index (χ0v) is 36.1. The summed E-state index contributed by atoms with van der Waals surface area (Å²) >= 11 is 9.68. The molecular formula is C44H33F8N9O3S2. The Bertz CT molecular complexity index is 2780. The van der Waals surface area contributed by atoms with Crippen molar-refractivity contribution in [3.63, 3.8) is 0 Å². The highest BCUT2D eigenvalue weighted by Gasteiger charge is 2.60. The van der Waals surface area contributed by atoms with Crippen molar-refractivity contribution in [3.05, 3.63) is 141 Å². The molecule has 66 heavy (non-hydrogen) atoms. The third-order valence-electron chi connectivity index (χ3n) is 10.7. The summed E-state index contributed by atoms with van der Waals surface area (Å²) in [7, 11) is 2.80. The molecule has 0 unspecified atom stereocenters. The van der Waals surface area contributed by atoms with E-state index < -0.39 is 69.7 Å². The normalized spacial score (nSPS) is 15.4. The van der Waals surface area contributed by atoms with Crippen LogP contribution in [0.4, 0.5) is 69.2 Å². The van der Waals surface area contributed by atoms with Crippen LogP contribution in [0.1, 0.15) is 70.4 Å². The molecule has 340 valence electrons. The Morgan fingerprint density at radius 1 is 0.758 bits per heavy atom. The number of alkyl halides is 6. The number of anilines is 3. The van der Waals surface area contributed by atoms with E-state index in [0.29, 0.717) is 31.0 Å². The van der Waals surface area contributed by atoms with E-state index in [2.05, 4.69) is 47.7 Å². The molecule has 1 saturated heterocycles. The predicted molar refractivity (Wildman–Crippen MR) is 236 cm³/mol. The first-order valence-electron chi connectivity index (χ1n) is 19.3. The fraction of sp³-hybridized carbons (Fsp3) is 0.273. The van der Waals surface area contributed by atoms with Crippen LogP contribution in [0.5, 0.6) is 0 Å². The molecule has 4 aromatic carbocycles. The minimum atomic E-state index is -4.84. The van der Waals surface area contributed by atoms with Crippen LogP contribution in [0.3, 0.4) is 0 Å². The van der Waals surface area contributed by atoms with E-state index >= 15 is 0 Å². The lowest BCUT2D eigenvalue weighted by molar-refractivity contribution is -0.138. The van der Waals surface area contributed by atoms with Crippen molar-refractivity contribution in [2.75, 3.05) is 29.2 Å². The number of isothiocyanates is 1. The van der Waals surface area contributed by atoms with Crippen molar-refractivity contribution in [2.45, 2.75) is 62.1 Å². The van der Waals surface area contributed by atoms with Gasteiger partial charge in [0, 0.05) is 38.3 Å². The number of aliphatic imine (C=N–C) groups is 1. The molecule has 3 N–H and O–H groups in total. The van der Waals surface area contributed by atoms with Crippen molar-refractivity contribution in [1.82, 2.24) is 10.6 Å². The average Bonchev–Trinajstić information content (AvgIpc) is 3.50. The zero-order chi connectivity index (χ0) is 48.8. The van der Waals surface area contributed by atoms with Gasteiger partial charge in [0.2, 0.25) is 0 Å². The number of carbonyl (C=O) groups excluding carboxylic acids is 3. The molecule has 0 radical (unpaired) electrons. The molecule has 7 rings (SSSR count). The third kappa shape index (κ3) is 10.1. The molecule has 4 aromatic rings. The van der Waals surface area contributed by atoms with Crippen LogP contribution in [0.15, 0.2) is 77.8 Å². The lowest BCUT2D eigenvalue weighted by Crippen LogP contribution is -2.55. The highest BCUT2D eigenvalue weighted by molar-refractivity contribution is 7.81. The van der Waals surface area contributed by atoms with Gasteiger partial charge in [0.1, 0.15) is 17.2 Å². The lowest BCUT2D eigenvalue weighted by atomic mass is 9.75. The van der Waals surface area contributed by atoms with Gasteiger partial charge in [-0.15, -0.1) is 0 Å². The molecule has 22 heteroatoms. The fourth-order valence-corrected chi connectivity index (χ4v) is 7.65. The Morgan fingerprint density at radius 3 is 1.73 bits per heavy atom. The second-order valence-electron chi connectivity index (χ2n) is 14.6. The first-order valence-corrected chi connectivity index (χ1v) is 20.1. The molecule has 1 spiro atoms. The molecule has 1 aliphatic heterocycles. The Labute approximate surface area is 382 Å². The lowest BCUT2D eigenvalue weighted by Gasteiger charge is -2.43. The molecular weight excluding hydrogens is 919 g/mol. The predicted octanol–water partition coefficient (Wildman–Crippen LogP) is 11.2. The molecule has 3 fully saturated rings. The molecule has 12 nitrogen and oxygen atoms in total. The van der Waals surface area contributed by atoms with Gasteiger partial charge in [-0.05, 0) is 111 Å². The van der Waals surface area contributed by atoms with Gasteiger partial charge in [-0.3, -0.25) is 24.1 Å². The highest BCUT2D eigenvalue weighted by atomic mass is 32.1. The number of amides is 3. The SMILES string of the molecule is [C-]#[N+]C1(Nc2ccc(C(=O)NC)c(F)c2)CCC1.[C-]#[N+]c1ccc(N2C(=O)C3(CCC3)N(c3ccc(C(=O)NC)c(F)c3)C2=S)c(C(F)(F)F)c1.[C-]#[N+]c1ccc(N=C=S)c(C(F)(F)F)c1. The fourth-order valence-electron chi connectivity index (χ4n) is 7.09. The van der Waals surface area contributed by atoms with E-state index in [0.717, 1.165) is 48.4 Å². The largest absolute Gasteiger partial charge is 0.417 e. The minimum absolute atomic E-state index is 0.00789. The second kappa shape index (κ2) is 19.8. The van der Waals surface area contributed by atoms with Crippen molar-refractivity contribution in [1.29, 1.82) is 0 Å². The summed E-state index contributed by atoms with van der Waals surface area (Å²) in [6, 6.07) is 14.0. The quantitative estimate of drug-likeness (QED) is 0.0730. The summed E-state index contributed by atoms with van der Waals surface area (Å²) in [6.07, 6.45) is -5.55. The third-order valence-corrected chi connectivity index (χ3v) is 11.2. The Kier molecular flexibility index (Phi) is 14.9. The topological polar surface area (TPSA) is 119 Å². The van der Waals surface area contributed by atoms with Gasteiger partial charge >= 0.3 is 18.0 Å². The number of carbonyl (C=O) groups is 3. The van der Waals surface area contributed by atoms with Crippen molar-refractivity contribution in [3.8, 4) is 0 Å². The summed E-state index contributed by atoms with van der Waals surface area (Å²) in [5.74, 6) is -3.18. The first kappa shape index (κ1) is 49.7. The number of thiocarbonyl (C=S) groups is 2. The van der Waals surface area contributed by atoms with Gasteiger partial charge in [0.25, 0.3) is 17.7 Å². The first-order chi connectivity index (χ1) is 31.1. The standard InChI is InChI=1S/C22H16F4N4O2S.C13H14FN3O.C9H3F3N2S/c1-27-12-4-7-17(15(10-12)22(24,25)26)29-19(32)21(8-3-9-21)30(20(29)33)13-5-6-14(16(23)11-13)18(31)28-2;1-15-12(18)10-5-4-9(8-11(10)14)17-13(16-2)6-3-7-13;1-13-6-2-3-8(14-5-15)7(4-6)9(10,11)12/h4-7,10-11H,3,8-9H2,2H3,(H,28,31);4-5,8,17H,3,6-7H2,1H3,(H,15,18);2-4H. The van der Waals surface area contributed by atoms with Gasteiger partial charge in [-0.2, -0.15) is 31.3 Å². The molecule has 0 atom stereocenters.